The van der Waals surface area contributed by atoms with Crippen LogP contribution in [0.3, 0.4) is 0 Å². The molecule has 1 heterocycles. The lowest BCUT2D eigenvalue weighted by atomic mass is 9.97. The summed E-state index contributed by atoms with van der Waals surface area (Å²) in [5.41, 5.74) is 3.92. The fourth-order valence-electron chi connectivity index (χ4n) is 4.84. The van der Waals surface area contributed by atoms with E-state index in [1.165, 1.54) is 0 Å². The Morgan fingerprint density at radius 3 is 1.84 bits per heavy atom. The normalized spacial score (nSPS) is 21.8. The quantitative estimate of drug-likeness (QED) is 0.141. The molecule has 0 radical (unpaired) electrons. The maximum Gasteiger partial charge on any atom is 0.186 e. The molecule has 8 heteroatoms. The first-order valence-electron chi connectivity index (χ1n) is 14.1. The van der Waals surface area contributed by atoms with Crippen molar-refractivity contribution in [3.8, 4) is 0 Å². The summed E-state index contributed by atoms with van der Waals surface area (Å²) in [5.74, 6) is 0. The predicted octanol–water partition coefficient (Wildman–Crippen LogP) is 7.35. The highest BCUT2D eigenvalue weighted by molar-refractivity contribution is 9.10. The Labute approximate surface area is 266 Å². The van der Waals surface area contributed by atoms with E-state index < -0.39 is 30.7 Å². The van der Waals surface area contributed by atoms with Crippen LogP contribution in [-0.2, 0) is 54.8 Å². The Morgan fingerprint density at radius 2 is 1.26 bits per heavy atom. The monoisotopic (exact) mass is 664 g/mol. The van der Waals surface area contributed by atoms with Crippen molar-refractivity contribution in [2.75, 3.05) is 13.7 Å². The average Bonchev–Trinajstić information content (AvgIpc) is 3.05. The fraction of sp³-hybridized carbons (Fsp3) is 0.314. The molecule has 4 aromatic rings. The molecule has 4 aromatic carbocycles. The van der Waals surface area contributed by atoms with Crippen molar-refractivity contribution in [2.24, 2.45) is 0 Å². The van der Waals surface area contributed by atoms with Crippen LogP contribution in [0.15, 0.2) is 102 Å². The second-order valence-corrected chi connectivity index (χ2v) is 11.5. The molecule has 0 bridgehead atoms. The van der Waals surface area contributed by atoms with Crippen LogP contribution < -0.4 is 0 Å². The van der Waals surface area contributed by atoms with Gasteiger partial charge in [-0.25, -0.2) is 0 Å². The SMILES string of the molecule is CO[C@@H]1OC(COCc2c#cc(Br)cc2)[C@H](OCc2ccccc2)[C@H](OCc2ccccc2)C1OCc1ccc(Cl)cc1. The zero-order valence-electron chi connectivity index (χ0n) is 23.9. The maximum atomic E-state index is 6.63. The Balaban J connectivity index is 1.38. The number of ether oxygens (including phenoxy) is 6. The average molecular weight is 666 g/mol. The lowest BCUT2D eigenvalue weighted by Gasteiger charge is -2.45. The second kappa shape index (κ2) is 16.3. The van der Waals surface area contributed by atoms with Gasteiger partial charge in [-0.3, -0.25) is 0 Å². The largest absolute Gasteiger partial charge is 0.373 e. The maximum absolute atomic E-state index is 6.63. The molecule has 0 saturated carbocycles. The van der Waals surface area contributed by atoms with Gasteiger partial charge in [0.2, 0.25) is 0 Å². The van der Waals surface area contributed by atoms with Crippen LogP contribution in [0.4, 0.5) is 0 Å². The molecule has 6 nitrogen and oxygen atoms in total. The van der Waals surface area contributed by atoms with Gasteiger partial charge < -0.3 is 28.4 Å². The van der Waals surface area contributed by atoms with E-state index in [1.54, 1.807) is 7.11 Å². The summed E-state index contributed by atoms with van der Waals surface area (Å²) in [5, 5.41) is 0.666. The standard InChI is InChI=1S/C35H34BrClO6/c1-38-35-34(42-23-28-14-18-30(37)19-15-28)33(41-22-26-10-6-3-7-11-26)32(40-21-25-8-4-2-5-9-25)31(43-35)24-39-20-27-12-16-29(36)17-13-27/h2-12,14-16,18-19,31-35H,20-24H2,1H3/t31?,32-,33-,34?,35+/m0/s1. The van der Waals surface area contributed by atoms with E-state index in [1.807, 2.05) is 97.1 Å². The summed E-state index contributed by atoms with van der Waals surface area (Å²) < 4.78 is 39.0. The third kappa shape index (κ3) is 9.36. The molecule has 224 valence electrons. The molecular weight excluding hydrogens is 632 g/mol. The van der Waals surface area contributed by atoms with Crippen LogP contribution >= 0.6 is 27.5 Å². The van der Waals surface area contributed by atoms with Crippen LogP contribution in [0.2, 0.25) is 5.02 Å². The molecule has 0 aromatic heterocycles. The van der Waals surface area contributed by atoms with Crippen LogP contribution in [0.5, 0.6) is 0 Å². The molecule has 2 unspecified atom stereocenters. The highest BCUT2D eigenvalue weighted by Crippen LogP contribution is 2.31. The first-order valence-corrected chi connectivity index (χ1v) is 15.3. The van der Waals surface area contributed by atoms with Gasteiger partial charge in [-0.15, -0.1) is 0 Å². The van der Waals surface area contributed by atoms with E-state index in [2.05, 4.69) is 28.1 Å². The van der Waals surface area contributed by atoms with Crippen molar-refractivity contribution in [1.29, 1.82) is 0 Å². The van der Waals surface area contributed by atoms with Crippen LogP contribution in [0, 0.1) is 12.1 Å². The minimum absolute atomic E-state index is 0.248. The van der Waals surface area contributed by atoms with Gasteiger partial charge in [0, 0.05) is 17.7 Å². The number of hydrogen-bond acceptors (Lipinski definition) is 6. The van der Waals surface area contributed by atoms with E-state index in [0.29, 0.717) is 31.5 Å². The molecule has 1 aliphatic heterocycles. The third-order valence-corrected chi connectivity index (χ3v) is 7.78. The number of hydrogen-bond donors (Lipinski definition) is 0. The van der Waals surface area contributed by atoms with E-state index in [9.17, 15) is 0 Å². The van der Waals surface area contributed by atoms with Crippen LogP contribution in [0.25, 0.3) is 0 Å². The molecule has 5 atom stereocenters. The summed E-state index contributed by atoms with van der Waals surface area (Å²) in [4.78, 5) is 0. The van der Waals surface area contributed by atoms with Gasteiger partial charge in [0.1, 0.15) is 24.4 Å². The summed E-state index contributed by atoms with van der Waals surface area (Å²) in [6, 6.07) is 37.6. The van der Waals surface area contributed by atoms with E-state index in [-0.39, 0.29) is 6.61 Å². The second-order valence-electron chi connectivity index (χ2n) is 10.2. The Kier molecular flexibility index (Phi) is 12.0. The molecule has 0 N–H and O–H groups in total. The van der Waals surface area contributed by atoms with Gasteiger partial charge in [-0.2, -0.15) is 0 Å². The lowest BCUT2D eigenvalue weighted by Crippen LogP contribution is -2.61. The Hall–Kier alpha value is -2.77. The smallest absolute Gasteiger partial charge is 0.186 e. The Bertz CT molecular complexity index is 1360. The molecule has 0 amide bonds. The molecule has 1 fully saturated rings. The van der Waals surface area contributed by atoms with Gasteiger partial charge in [0.15, 0.2) is 6.29 Å². The first-order chi connectivity index (χ1) is 21.1. The van der Waals surface area contributed by atoms with Gasteiger partial charge in [0.05, 0.1) is 37.5 Å². The lowest BCUT2D eigenvalue weighted by molar-refractivity contribution is -0.323. The minimum Gasteiger partial charge on any atom is -0.373 e. The number of halogens is 2. The molecule has 5 rings (SSSR count). The fourth-order valence-corrected chi connectivity index (χ4v) is 5.20. The molecular formula is C35H34BrClO6. The van der Waals surface area contributed by atoms with Crippen molar-refractivity contribution in [1.82, 2.24) is 0 Å². The van der Waals surface area contributed by atoms with Crippen molar-refractivity contribution in [3.05, 3.63) is 141 Å². The molecule has 0 aliphatic carbocycles. The van der Waals surface area contributed by atoms with Gasteiger partial charge in [-0.1, -0.05) is 96.5 Å². The van der Waals surface area contributed by atoms with Crippen LogP contribution in [0.1, 0.15) is 22.3 Å². The summed E-state index contributed by atoms with van der Waals surface area (Å²) in [6.45, 7) is 1.65. The highest BCUT2D eigenvalue weighted by atomic mass is 79.9. The van der Waals surface area contributed by atoms with Crippen molar-refractivity contribution >= 4 is 27.5 Å². The van der Waals surface area contributed by atoms with Crippen molar-refractivity contribution in [2.45, 2.75) is 57.1 Å². The summed E-state index contributed by atoms with van der Waals surface area (Å²) >= 11 is 9.50. The zero-order valence-corrected chi connectivity index (χ0v) is 26.2. The van der Waals surface area contributed by atoms with Crippen LogP contribution in [-0.4, -0.2) is 44.4 Å². The van der Waals surface area contributed by atoms with E-state index >= 15 is 0 Å². The van der Waals surface area contributed by atoms with Gasteiger partial charge in [-0.05, 0) is 56.9 Å². The number of methoxy groups -OCH3 is 1. The van der Waals surface area contributed by atoms with Crippen molar-refractivity contribution < 1.29 is 28.4 Å². The minimum atomic E-state index is -0.717. The predicted molar refractivity (Wildman–Crippen MR) is 167 cm³/mol. The molecule has 0 spiro atoms. The van der Waals surface area contributed by atoms with Gasteiger partial charge >= 0.3 is 0 Å². The molecule has 43 heavy (non-hydrogen) atoms. The molecule has 1 aliphatic rings. The topological polar surface area (TPSA) is 55.4 Å². The van der Waals surface area contributed by atoms with Crippen molar-refractivity contribution in [3.63, 3.8) is 0 Å². The number of benzene rings is 3. The summed E-state index contributed by atoms with van der Waals surface area (Å²) in [7, 11) is 1.60. The highest BCUT2D eigenvalue weighted by Gasteiger charge is 2.48. The molecule has 1 saturated heterocycles. The number of rotatable bonds is 14. The van der Waals surface area contributed by atoms with E-state index in [0.717, 1.165) is 26.7 Å². The van der Waals surface area contributed by atoms with E-state index in [4.69, 9.17) is 40.0 Å². The first kappa shape index (κ1) is 31.6. The zero-order chi connectivity index (χ0) is 29.9. The summed E-state index contributed by atoms with van der Waals surface area (Å²) in [6.07, 6.45) is -2.85. The third-order valence-electron chi connectivity index (χ3n) is 7.06. The Morgan fingerprint density at radius 1 is 0.674 bits per heavy atom. The van der Waals surface area contributed by atoms with Gasteiger partial charge in [0.25, 0.3) is 0 Å².